The van der Waals surface area contributed by atoms with Crippen LogP contribution in [-0.2, 0) is 0 Å². The molecule has 0 aromatic carbocycles. The molecule has 0 nitrogen and oxygen atoms in total. The Labute approximate surface area is 105 Å². The first-order valence-electron chi connectivity index (χ1n) is 4.10. The Morgan fingerprint density at radius 1 is 1.50 bits per heavy atom. The number of hydrogen-bond donors (Lipinski definition) is 0. The van der Waals surface area contributed by atoms with E-state index in [0.29, 0.717) is 0 Å². The molecule has 0 N–H and O–H groups in total. The molecular formula is C10H8BrClS2. The lowest BCUT2D eigenvalue weighted by Gasteiger charge is -2.03. The van der Waals surface area contributed by atoms with Crippen molar-refractivity contribution in [2.75, 3.05) is 0 Å². The van der Waals surface area contributed by atoms with Gasteiger partial charge in [-0.05, 0) is 40.9 Å². The van der Waals surface area contributed by atoms with Gasteiger partial charge in [0.1, 0.15) is 0 Å². The molecule has 0 aliphatic heterocycles. The summed E-state index contributed by atoms with van der Waals surface area (Å²) in [6.07, 6.45) is 0. The Bertz CT molecular complexity index is 400. The maximum absolute atomic E-state index is 6.04. The summed E-state index contributed by atoms with van der Waals surface area (Å²) >= 11 is 13.1. The van der Waals surface area contributed by atoms with Crippen LogP contribution in [-0.4, -0.2) is 0 Å². The van der Waals surface area contributed by atoms with Gasteiger partial charge in [-0.25, -0.2) is 0 Å². The van der Waals surface area contributed by atoms with E-state index in [1.807, 2.05) is 6.92 Å². The second-order valence-electron chi connectivity index (χ2n) is 3.02. The maximum Gasteiger partial charge on any atom is 0.0960 e. The van der Waals surface area contributed by atoms with Crippen LogP contribution >= 0.6 is 50.2 Å². The minimum absolute atomic E-state index is 0.282. The average Bonchev–Trinajstić information content (AvgIpc) is 2.76. The molecule has 0 aliphatic carbocycles. The van der Waals surface area contributed by atoms with E-state index in [0.717, 1.165) is 9.90 Å². The van der Waals surface area contributed by atoms with Crippen LogP contribution in [0.3, 0.4) is 0 Å². The molecule has 74 valence electrons. The van der Waals surface area contributed by atoms with E-state index in [2.05, 4.69) is 38.8 Å². The first-order chi connectivity index (χ1) is 6.68. The maximum atomic E-state index is 6.04. The van der Waals surface area contributed by atoms with Gasteiger partial charge in [-0.15, -0.1) is 11.3 Å². The predicted molar refractivity (Wildman–Crippen MR) is 69.2 cm³/mol. The van der Waals surface area contributed by atoms with Crippen LogP contribution in [0.1, 0.15) is 20.8 Å². The molecule has 2 aromatic rings. The second kappa shape index (κ2) is 4.35. The van der Waals surface area contributed by atoms with Crippen molar-refractivity contribution in [2.45, 2.75) is 11.8 Å². The average molecular weight is 308 g/mol. The van der Waals surface area contributed by atoms with Gasteiger partial charge < -0.3 is 0 Å². The molecule has 0 saturated carbocycles. The van der Waals surface area contributed by atoms with E-state index < -0.39 is 0 Å². The molecule has 2 aromatic heterocycles. The zero-order valence-corrected chi connectivity index (χ0v) is 11.4. The number of aryl methyl sites for hydroxylation is 1. The number of rotatable bonds is 2. The topological polar surface area (TPSA) is 0 Å². The molecule has 0 spiro atoms. The van der Waals surface area contributed by atoms with Crippen LogP contribution in [0.2, 0.25) is 4.34 Å². The number of halogens is 2. The normalized spacial score (nSPS) is 13.1. The fraction of sp³-hybridized carbons (Fsp3) is 0.200. The Balaban J connectivity index is 2.32. The molecule has 14 heavy (non-hydrogen) atoms. The molecule has 0 radical (unpaired) electrons. The zero-order chi connectivity index (χ0) is 10.1. The SMILES string of the molecule is Cc1cc(C(Br)c2ccsc2)sc1Cl. The molecule has 1 unspecified atom stereocenters. The van der Waals surface area contributed by atoms with E-state index in [1.165, 1.54) is 10.4 Å². The summed E-state index contributed by atoms with van der Waals surface area (Å²) in [7, 11) is 0. The minimum Gasteiger partial charge on any atom is -0.152 e. The molecule has 0 saturated heterocycles. The van der Waals surface area contributed by atoms with Crippen molar-refractivity contribution in [3.05, 3.63) is 43.2 Å². The third kappa shape index (κ3) is 2.06. The summed E-state index contributed by atoms with van der Waals surface area (Å²) in [5.74, 6) is 0. The van der Waals surface area contributed by atoms with Crippen LogP contribution in [0.15, 0.2) is 22.9 Å². The van der Waals surface area contributed by atoms with Gasteiger partial charge in [0, 0.05) is 4.88 Å². The van der Waals surface area contributed by atoms with Gasteiger partial charge in [0.25, 0.3) is 0 Å². The Hall–Kier alpha value is 0.170. The summed E-state index contributed by atoms with van der Waals surface area (Å²) in [6.45, 7) is 2.04. The van der Waals surface area contributed by atoms with Crippen molar-refractivity contribution in [3.8, 4) is 0 Å². The van der Waals surface area contributed by atoms with Crippen molar-refractivity contribution < 1.29 is 0 Å². The van der Waals surface area contributed by atoms with Gasteiger partial charge in [0.15, 0.2) is 0 Å². The molecule has 2 rings (SSSR count). The second-order valence-corrected chi connectivity index (χ2v) is 6.41. The Morgan fingerprint density at radius 3 is 2.79 bits per heavy atom. The molecule has 4 heteroatoms. The van der Waals surface area contributed by atoms with E-state index in [4.69, 9.17) is 11.6 Å². The largest absolute Gasteiger partial charge is 0.152 e. The van der Waals surface area contributed by atoms with E-state index in [-0.39, 0.29) is 4.83 Å². The third-order valence-electron chi connectivity index (χ3n) is 1.96. The first kappa shape index (κ1) is 10.7. The highest BCUT2D eigenvalue weighted by atomic mass is 79.9. The summed E-state index contributed by atoms with van der Waals surface area (Å²) in [5.41, 5.74) is 2.46. The first-order valence-corrected chi connectivity index (χ1v) is 7.16. The molecule has 0 amide bonds. The van der Waals surface area contributed by atoms with Crippen LogP contribution < -0.4 is 0 Å². The molecule has 0 fully saturated rings. The van der Waals surface area contributed by atoms with Gasteiger partial charge in [0.05, 0.1) is 9.16 Å². The molecular weight excluding hydrogens is 300 g/mol. The quantitative estimate of drug-likeness (QED) is 0.664. The monoisotopic (exact) mass is 306 g/mol. The lowest BCUT2D eigenvalue weighted by atomic mass is 10.2. The van der Waals surface area contributed by atoms with E-state index >= 15 is 0 Å². The number of hydrogen-bond acceptors (Lipinski definition) is 2. The van der Waals surface area contributed by atoms with Gasteiger partial charge in [-0.3, -0.25) is 0 Å². The van der Waals surface area contributed by atoms with Gasteiger partial charge in [-0.1, -0.05) is 27.5 Å². The Kier molecular flexibility index (Phi) is 3.32. The lowest BCUT2D eigenvalue weighted by Crippen LogP contribution is -1.84. The van der Waals surface area contributed by atoms with Crippen molar-refractivity contribution >= 4 is 50.2 Å². The smallest absolute Gasteiger partial charge is 0.0960 e. The number of alkyl halides is 1. The minimum atomic E-state index is 0.282. The fourth-order valence-corrected chi connectivity index (χ4v) is 3.97. The van der Waals surface area contributed by atoms with Crippen molar-refractivity contribution in [1.29, 1.82) is 0 Å². The van der Waals surface area contributed by atoms with Crippen LogP contribution in [0.4, 0.5) is 0 Å². The van der Waals surface area contributed by atoms with Crippen molar-refractivity contribution in [2.24, 2.45) is 0 Å². The lowest BCUT2D eigenvalue weighted by molar-refractivity contribution is 1.24. The molecule has 0 bridgehead atoms. The summed E-state index contributed by atoms with van der Waals surface area (Å²) in [6, 6.07) is 4.27. The van der Waals surface area contributed by atoms with E-state index in [9.17, 15) is 0 Å². The molecule has 0 aliphatic rings. The van der Waals surface area contributed by atoms with Crippen LogP contribution in [0.5, 0.6) is 0 Å². The number of thiophene rings is 2. The van der Waals surface area contributed by atoms with Crippen molar-refractivity contribution in [1.82, 2.24) is 0 Å². The van der Waals surface area contributed by atoms with E-state index in [1.54, 1.807) is 22.7 Å². The zero-order valence-electron chi connectivity index (χ0n) is 7.46. The third-order valence-corrected chi connectivity index (χ3v) is 5.61. The van der Waals surface area contributed by atoms with Gasteiger partial charge in [0.2, 0.25) is 0 Å². The van der Waals surface area contributed by atoms with Gasteiger partial charge in [-0.2, -0.15) is 11.3 Å². The molecule has 2 heterocycles. The van der Waals surface area contributed by atoms with Crippen LogP contribution in [0.25, 0.3) is 0 Å². The van der Waals surface area contributed by atoms with Crippen molar-refractivity contribution in [3.63, 3.8) is 0 Å². The highest BCUT2D eigenvalue weighted by Gasteiger charge is 2.14. The standard InChI is InChI=1S/C10H8BrClS2/c1-6-4-8(14-10(6)12)9(11)7-2-3-13-5-7/h2-5,9H,1H3. The predicted octanol–water partition coefficient (Wildman–Crippen LogP) is 5.26. The van der Waals surface area contributed by atoms with Gasteiger partial charge >= 0.3 is 0 Å². The van der Waals surface area contributed by atoms with Crippen LogP contribution in [0, 0.1) is 6.92 Å². The highest BCUT2D eigenvalue weighted by Crippen LogP contribution is 2.39. The summed E-state index contributed by atoms with van der Waals surface area (Å²) in [5, 5.41) is 4.24. The fourth-order valence-electron chi connectivity index (χ4n) is 1.19. The highest BCUT2D eigenvalue weighted by molar-refractivity contribution is 9.09. The summed E-state index contributed by atoms with van der Waals surface area (Å²) < 4.78 is 0.889. The summed E-state index contributed by atoms with van der Waals surface area (Å²) in [4.78, 5) is 1.55. The molecule has 1 atom stereocenters. The Morgan fingerprint density at radius 2 is 2.29 bits per heavy atom.